The third kappa shape index (κ3) is 8.75. The summed E-state index contributed by atoms with van der Waals surface area (Å²) >= 11 is 0. The van der Waals surface area contributed by atoms with Crippen LogP contribution in [-0.2, 0) is 29.1 Å². The van der Waals surface area contributed by atoms with E-state index in [1.54, 1.807) is 0 Å². The molecule has 4 aliphatic rings. The Hall–Kier alpha value is -9.50. The van der Waals surface area contributed by atoms with Crippen LogP contribution in [0.1, 0.15) is 117 Å². The van der Waals surface area contributed by atoms with E-state index in [9.17, 15) is 0 Å². The Morgan fingerprint density at radius 2 is 0.541 bits per heavy atom. The van der Waals surface area contributed by atoms with Crippen LogP contribution in [0.2, 0.25) is 0 Å². The van der Waals surface area contributed by atoms with Crippen molar-refractivity contribution >= 4 is 58.4 Å². The molecule has 0 amide bonds. The number of benzene rings is 11. The molecule has 0 radical (unpaired) electrons. The zero-order valence-corrected chi connectivity index (χ0v) is 50.1. The normalized spacial score (nSPS) is 14.9. The van der Waals surface area contributed by atoms with Crippen LogP contribution in [0.4, 0.5) is 34.1 Å². The number of fused-ring (bicyclic) bond motifs is 12. The van der Waals surface area contributed by atoms with Gasteiger partial charge in [-0.3, -0.25) is 0 Å². The van der Waals surface area contributed by atoms with E-state index in [0.29, 0.717) is 0 Å². The molecule has 11 aromatic carbocycles. The monoisotopic (exact) mass is 1090 g/mol. The quantitative estimate of drug-likeness (QED) is 0.126. The molecule has 0 atom stereocenters. The summed E-state index contributed by atoms with van der Waals surface area (Å²) in [6, 6.07) is 87.3. The molecular formula is C83H70N2. The van der Waals surface area contributed by atoms with Gasteiger partial charge in [-0.2, -0.15) is 0 Å². The first kappa shape index (κ1) is 52.3. The van der Waals surface area contributed by atoms with Gasteiger partial charge >= 0.3 is 0 Å². The van der Waals surface area contributed by atoms with Crippen molar-refractivity contribution in [2.75, 3.05) is 9.80 Å². The maximum absolute atomic E-state index is 2.51. The molecule has 4 aliphatic carbocycles. The van der Waals surface area contributed by atoms with Gasteiger partial charge in [-0.15, -0.1) is 0 Å². The van der Waals surface area contributed by atoms with Crippen LogP contribution in [0, 0.1) is 27.7 Å². The summed E-state index contributed by atoms with van der Waals surface area (Å²) in [5, 5.41) is 0. The molecule has 0 saturated carbocycles. The van der Waals surface area contributed by atoms with E-state index >= 15 is 0 Å². The van der Waals surface area contributed by atoms with E-state index in [1.165, 1.54) is 157 Å². The second kappa shape index (κ2) is 19.8. The lowest BCUT2D eigenvalue weighted by Gasteiger charge is -2.28. The van der Waals surface area contributed by atoms with Crippen molar-refractivity contribution in [3.63, 3.8) is 0 Å². The zero-order chi connectivity index (χ0) is 57.9. The Morgan fingerprint density at radius 1 is 0.271 bits per heavy atom. The van der Waals surface area contributed by atoms with Crippen molar-refractivity contribution in [2.24, 2.45) is 0 Å². The van der Waals surface area contributed by atoms with Gasteiger partial charge in [0, 0.05) is 50.4 Å². The van der Waals surface area contributed by atoms with Crippen LogP contribution in [0.3, 0.4) is 0 Å². The second-order valence-corrected chi connectivity index (χ2v) is 25.8. The first-order chi connectivity index (χ1) is 41.2. The summed E-state index contributed by atoms with van der Waals surface area (Å²) in [6.07, 6.45) is 11.3. The fraction of sp³-hybridized carbons (Fsp3) is 0.157. The van der Waals surface area contributed by atoms with Gasteiger partial charge in [0.1, 0.15) is 0 Å². The van der Waals surface area contributed by atoms with Crippen molar-refractivity contribution in [3.05, 3.63) is 320 Å². The summed E-state index contributed by atoms with van der Waals surface area (Å²) in [4.78, 5) is 4.82. The van der Waals surface area contributed by atoms with Gasteiger partial charge in [0.2, 0.25) is 0 Å². The highest BCUT2D eigenvalue weighted by Gasteiger charge is 2.47. The molecule has 0 saturated heterocycles. The molecule has 0 N–H and O–H groups in total. The van der Waals surface area contributed by atoms with Crippen molar-refractivity contribution in [1.29, 1.82) is 0 Å². The fourth-order valence-electron chi connectivity index (χ4n) is 15.1. The predicted molar refractivity (Wildman–Crippen MR) is 361 cm³/mol. The van der Waals surface area contributed by atoms with E-state index < -0.39 is 0 Å². The standard InChI is InChI=1S/C83H70N2/c1-53-15-11-21-63(41-53)84(64-22-12-16-54(2)42-64)67-33-39-71-69-35-29-57(45-75(69)81(5,6)77(71)49-67)25-27-59-31-37-73-74-38-32-60(48-80(74)83(79(73)47-59)51-61-19-9-10-20-62(61)52-83)28-26-58-30-36-70-72-40-34-68(50-78(72)82(7,8)76(70)46-58)85(65-23-13-17-55(3)43-65)66-24-14-18-56(4)44-66/h9-50H,51-52H2,1-8H3/b27-25+,28-26+. The third-order valence-corrected chi connectivity index (χ3v) is 19.4. The fourth-order valence-corrected chi connectivity index (χ4v) is 15.1. The first-order valence-corrected chi connectivity index (χ1v) is 30.4. The predicted octanol–water partition coefficient (Wildman–Crippen LogP) is 21.9. The van der Waals surface area contributed by atoms with Crippen LogP contribution in [0.15, 0.2) is 231 Å². The van der Waals surface area contributed by atoms with Gasteiger partial charge in [-0.1, -0.05) is 210 Å². The van der Waals surface area contributed by atoms with E-state index in [1.807, 2.05) is 0 Å². The number of hydrogen-bond acceptors (Lipinski definition) is 2. The minimum absolute atomic E-state index is 0.144. The minimum Gasteiger partial charge on any atom is -0.310 e. The molecule has 2 heteroatoms. The Balaban J connectivity index is 0.712. The van der Waals surface area contributed by atoms with E-state index in [4.69, 9.17) is 0 Å². The molecule has 0 aromatic heterocycles. The second-order valence-electron chi connectivity index (χ2n) is 25.8. The summed E-state index contributed by atoms with van der Waals surface area (Å²) < 4.78 is 0. The van der Waals surface area contributed by atoms with E-state index in [0.717, 1.165) is 12.8 Å². The maximum Gasteiger partial charge on any atom is 0.0465 e. The average molecular weight is 1100 g/mol. The van der Waals surface area contributed by atoms with E-state index in [2.05, 4.69) is 320 Å². The van der Waals surface area contributed by atoms with Crippen LogP contribution in [0.25, 0.3) is 57.7 Å². The lowest BCUT2D eigenvalue weighted by atomic mass is 9.75. The Morgan fingerprint density at radius 3 is 0.859 bits per heavy atom. The molecule has 15 rings (SSSR count). The molecule has 85 heavy (non-hydrogen) atoms. The lowest BCUT2D eigenvalue weighted by Crippen LogP contribution is -2.26. The van der Waals surface area contributed by atoms with E-state index in [-0.39, 0.29) is 16.2 Å². The average Bonchev–Trinajstić information content (AvgIpc) is 1.60. The topological polar surface area (TPSA) is 6.48 Å². The Labute approximate surface area is 502 Å². The SMILES string of the molecule is Cc1cccc(N(c2cccc(C)c2)c2ccc3c(c2)C(C)(C)c2cc(/C=C/c4ccc5c(c4)C4(Cc6ccccc6C4)c4cc(/C=C/c6ccc7c(c6)C(C)(C)c6cc(N(c8cccc(C)c8)c8cccc(C)c8)ccc6-7)ccc4-5)ccc2-3)c1. The largest absolute Gasteiger partial charge is 0.310 e. The Kier molecular flexibility index (Phi) is 12.2. The highest BCUT2D eigenvalue weighted by molar-refractivity contribution is 5.91. The molecule has 0 heterocycles. The van der Waals surface area contributed by atoms with Gasteiger partial charge < -0.3 is 9.80 Å². The molecule has 2 nitrogen and oxygen atoms in total. The molecule has 1 spiro atoms. The molecule has 0 aliphatic heterocycles. The van der Waals surface area contributed by atoms with Gasteiger partial charge in [-0.05, 0) is 236 Å². The van der Waals surface area contributed by atoms with Crippen molar-refractivity contribution < 1.29 is 0 Å². The van der Waals surface area contributed by atoms with Crippen molar-refractivity contribution in [3.8, 4) is 33.4 Å². The van der Waals surface area contributed by atoms with Crippen LogP contribution in [0.5, 0.6) is 0 Å². The summed E-state index contributed by atoms with van der Waals surface area (Å²) in [5.41, 5.74) is 35.7. The molecule has 412 valence electrons. The molecular weight excluding hydrogens is 1020 g/mol. The molecule has 0 fully saturated rings. The summed E-state index contributed by atoms with van der Waals surface area (Å²) in [5.74, 6) is 0. The maximum atomic E-state index is 2.51. The van der Waals surface area contributed by atoms with Crippen LogP contribution in [-0.4, -0.2) is 0 Å². The smallest absolute Gasteiger partial charge is 0.0465 e. The molecule has 0 bridgehead atoms. The number of rotatable bonds is 10. The molecule has 0 unspecified atom stereocenters. The van der Waals surface area contributed by atoms with Crippen molar-refractivity contribution in [1.82, 2.24) is 0 Å². The van der Waals surface area contributed by atoms with Crippen LogP contribution >= 0.6 is 0 Å². The van der Waals surface area contributed by atoms with Gasteiger partial charge in [0.05, 0.1) is 0 Å². The highest BCUT2D eigenvalue weighted by Crippen LogP contribution is 2.57. The number of nitrogens with zero attached hydrogens (tertiary/aromatic N) is 2. The summed E-state index contributed by atoms with van der Waals surface area (Å²) in [6.45, 7) is 18.3. The van der Waals surface area contributed by atoms with Crippen LogP contribution < -0.4 is 9.80 Å². The number of hydrogen-bond donors (Lipinski definition) is 0. The summed E-state index contributed by atoms with van der Waals surface area (Å²) in [7, 11) is 0. The Bertz CT molecular complexity index is 4230. The van der Waals surface area contributed by atoms with Gasteiger partial charge in [-0.25, -0.2) is 0 Å². The molecule has 11 aromatic rings. The lowest BCUT2D eigenvalue weighted by molar-refractivity contribution is 0.563. The highest BCUT2D eigenvalue weighted by atomic mass is 15.1. The first-order valence-electron chi connectivity index (χ1n) is 30.4. The number of anilines is 6. The van der Waals surface area contributed by atoms with Crippen molar-refractivity contribution in [2.45, 2.75) is 84.5 Å². The van der Waals surface area contributed by atoms with Gasteiger partial charge in [0.15, 0.2) is 0 Å². The number of aryl methyl sites for hydroxylation is 4. The minimum atomic E-state index is -0.184. The third-order valence-electron chi connectivity index (χ3n) is 19.4. The zero-order valence-electron chi connectivity index (χ0n) is 50.1. The van der Waals surface area contributed by atoms with Gasteiger partial charge in [0.25, 0.3) is 0 Å².